The van der Waals surface area contributed by atoms with Gasteiger partial charge in [0.1, 0.15) is 42.7 Å². The van der Waals surface area contributed by atoms with Gasteiger partial charge in [-0.1, -0.05) is 0 Å². The van der Waals surface area contributed by atoms with Crippen LogP contribution in [0, 0.1) is 0 Å². The molecular formula is C14H27NO10. The minimum absolute atomic E-state index is 0.0851. The largest absolute Gasteiger partial charge is 0.394 e. The van der Waals surface area contributed by atoms with E-state index < -0.39 is 68.0 Å². The molecule has 0 saturated carbocycles. The Labute approximate surface area is 144 Å². The molecule has 0 aromatic heterocycles. The Morgan fingerprint density at radius 2 is 1.32 bits per heavy atom. The fraction of sp³-hybridized carbons (Fsp3) is 1.00. The van der Waals surface area contributed by atoms with E-state index in [0.717, 1.165) is 0 Å². The zero-order chi connectivity index (χ0) is 18.7. The Morgan fingerprint density at radius 3 is 1.88 bits per heavy atom. The first-order valence-electron chi connectivity index (χ1n) is 7.96. The van der Waals surface area contributed by atoms with E-state index in [0.29, 0.717) is 0 Å². The topological polar surface area (TPSA) is 170 Å². The van der Waals surface area contributed by atoms with E-state index in [1.165, 1.54) is 14.2 Å². The summed E-state index contributed by atoms with van der Waals surface area (Å²) in [5.41, 5.74) is 0. The maximum Gasteiger partial charge on any atom is 0.186 e. The molecule has 0 bridgehead atoms. The van der Waals surface area contributed by atoms with E-state index in [2.05, 4.69) is 5.32 Å². The molecule has 0 unspecified atom stereocenters. The summed E-state index contributed by atoms with van der Waals surface area (Å²) in [4.78, 5) is 0. The van der Waals surface area contributed by atoms with Crippen molar-refractivity contribution in [3.63, 3.8) is 0 Å². The Bertz CT molecular complexity index is 397. The predicted octanol–water partition coefficient (Wildman–Crippen LogP) is -4.52. The van der Waals surface area contributed by atoms with Crippen molar-refractivity contribution in [1.29, 1.82) is 0 Å². The molecule has 2 rings (SSSR count). The fourth-order valence-corrected chi connectivity index (χ4v) is 3.06. The van der Waals surface area contributed by atoms with Gasteiger partial charge in [0.2, 0.25) is 0 Å². The molecule has 0 spiro atoms. The summed E-state index contributed by atoms with van der Waals surface area (Å²) in [6, 6.07) is -0.948. The van der Waals surface area contributed by atoms with Gasteiger partial charge in [-0.3, -0.25) is 0 Å². The van der Waals surface area contributed by atoms with Crippen molar-refractivity contribution in [3.8, 4) is 0 Å². The first-order chi connectivity index (χ1) is 11.8. The van der Waals surface area contributed by atoms with Crippen molar-refractivity contribution in [2.75, 3.05) is 27.4 Å². The zero-order valence-electron chi connectivity index (χ0n) is 14.0. The Kier molecular flexibility index (Phi) is 7.49. The maximum absolute atomic E-state index is 10.2. The highest BCUT2D eigenvalue weighted by molar-refractivity contribution is 4.96. The zero-order valence-corrected chi connectivity index (χ0v) is 14.0. The number of nitrogens with one attached hydrogen (secondary N) is 1. The van der Waals surface area contributed by atoms with Crippen molar-refractivity contribution in [3.05, 3.63) is 0 Å². The van der Waals surface area contributed by atoms with Crippen LogP contribution in [0.5, 0.6) is 0 Å². The van der Waals surface area contributed by atoms with Crippen LogP contribution in [0.1, 0.15) is 0 Å². The van der Waals surface area contributed by atoms with Crippen LogP contribution in [-0.4, -0.2) is 119 Å². The Balaban J connectivity index is 2.02. The van der Waals surface area contributed by atoms with Gasteiger partial charge >= 0.3 is 0 Å². The van der Waals surface area contributed by atoms with Crippen molar-refractivity contribution in [1.82, 2.24) is 5.32 Å². The number of ether oxygens (including phenoxy) is 4. The van der Waals surface area contributed by atoms with Gasteiger partial charge in [-0.05, 0) is 0 Å². The van der Waals surface area contributed by atoms with Crippen LogP contribution >= 0.6 is 0 Å². The van der Waals surface area contributed by atoms with Crippen LogP contribution in [0.4, 0.5) is 0 Å². The molecule has 25 heavy (non-hydrogen) atoms. The molecule has 2 fully saturated rings. The highest BCUT2D eigenvalue weighted by Gasteiger charge is 2.47. The Hall–Kier alpha value is -0.440. The van der Waals surface area contributed by atoms with Crippen LogP contribution in [0.2, 0.25) is 0 Å². The molecule has 0 aromatic carbocycles. The van der Waals surface area contributed by atoms with Gasteiger partial charge in [0.05, 0.1) is 12.6 Å². The lowest BCUT2D eigenvalue weighted by atomic mass is 9.94. The molecule has 0 aromatic rings. The van der Waals surface area contributed by atoms with E-state index in [4.69, 9.17) is 18.9 Å². The number of rotatable bonds is 6. The minimum Gasteiger partial charge on any atom is -0.394 e. The SMILES string of the molecule is CO[C@H]1O[C@H](CN[C@H]2[C@H](O)[C@@H](OC)O[C@H](CO)[C@H]2O)[C@@H](O)[C@H](O)[C@@H]1O. The average Bonchev–Trinajstić information content (AvgIpc) is 2.61. The van der Waals surface area contributed by atoms with E-state index >= 15 is 0 Å². The van der Waals surface area contributed by atoms with Crippen molar-refractivity contribution in [2.45, 2.75) is 61.3 Å². The third-order valence-electron chi connectivity index (χ3n) is 4.57. The van der Waals surface area contributed by atoms with E-state index in [1.807, 2.05) is 0 Å². The molecule has 2 heterocycles. The van der Waals surface area contributed by atoms with Gasteiger partial charge < -0.3 is 54.9 Å². The molecule has 2 saturated heterocycles. The van der Waals surface area contributed by atoms with Crippen molar-refractivity contribution >= 4 is 0 Å². The molecule has 0 aliphatic carbocycles. The lowest BCUT2D eigenvalue weighted by Crippen LogP contribution is -2.66. The molecule has 10 atom stereocenters. The number of methoxy groups -OCH3 is 2. The predicted molar refractivity (Wildman–Crippen MR) is 80.3 cm³/mol. The molecular weight excluding hydrogens is 342 g/mol. The minimum atomic E-state index is -1.48. The van der Waals surface area contributed by atoms with E-state index in [9.17, 15) is 30.6 Å². The number of aliphatic hydroxyl groups is 6. The molecule has 2 aliphatic rings. The Morgan fingerprint density at radius 1 is 0.760 bits per heavy atom. The molecule has 2 aliphatic heterocycles. The first-order valence-corrected chi connectivity index (χ1v) is 7.96. The lowest BCUT2D eigenvalue weighted by Gasteiger charge is -2.44. The third-order valence-corrected chi connectivity index (χ3v) is 4.57. The van der Waals surface area contributed by atoms with Gasteiger partial charge in [-0.15, -0.1) is 0 Å². The molecule has 0 amide bonds. The molecule has 0 radical (unpaired) electrons. The van der Waals surface area contributed by atoms with Gasteiger partial charge in [-0.2, -0.15) is 0 Å². The van der Waals surface area contributed by atoms with Crippen LogP contribution < -0.4 is 5.32 Å². The lowest BCUT2D eigenvalue weighted by molar-refractivity contribution is -0.292. The molecule has 11 heteroatoms. The van der Waals surface area contributed by atoms with Gasteiger partial charge in [-0.25, -0.2) is 0 Å². The van der Waals surface area contributed by atoms with Crippen LogP contribution in [0.15, 0.2) is 0 Å². The second-order valence-corrected chi connectivity index (χ2v) is 6.13. The number of hydrogen-bond donors (Lipinski definition) is 7. The highest BCUT2D eigenvalue weighted by Crippen LogP contribution is 2.24. The molecule has 148 valence electrons. The van der Waals surface area contributed by atoms with Gasteiger partial charge in [0.25, 0.3) is 0 Å². The summed E-state index contributed by atoms with van der Waals surface area (Å²) < 4.78 is 20.5. The van der Waals surface area contributed by atoms with E-state index in [1.54, 1.807) is 0 Å². The van der Waals surface area contributed by atoms with Crippen LogP contribution in [0.25, 0.3) is 0 Å². The average molecular weight is 369 g/mol. The summed E-state index contributed by atoms with van der Waals surface area (Å²) in [5.74, 6) is 0. The fourth-order valence-electron chi connectivity index (χ4n) is 3.06. The quantitative estimate of drug-likeness (QED) is 0.241. The summed E-state index contributed by atoms with van der Waals surface area (Å²) in [6.45, 7) is -0.566. The standard InChI is InChI=1S/C14H27NO10/c1-22-13-10(19)7(8(17)6(4-16)25-13)15-3-5-9(18)11(20)12(21)14(23-2)24-5/h5-21H,3-4H2,1-2H3/t5-,6-,7-,8-,9-,10+,11+,12+,13+,14+/m1/s1. The number of aliphatic hydroxyl groups excluding tert-OH is 6. The van der Waals surface area contributed by atoms with Crippen LogP contribution in [0.3, 0.4) is 0 Å². The van der Waals surface area contributed by atoms with E-state index in [-0.39, 0.29) is 6.54 Å². The van der Waals surface area contributed by atoms with Crippen LogP contribution in [-0.2, 0) is 18.9 Å². The summed E-state index contributed by atoms with van der Waals surface area (Å²) in [5, 5.41) is 62.2. The third kappa shape index (κ3) is 4.28. The second kappa shape index (κ2) is 8.97. The second-order valence-electron chi connectivity index (χ2n) is 6.13. The maximum atomic E-state index is 10.2. The smallest absolute Gasteiger partial charge is 0.186 e. The van der Waals surface area contributed by atoms with Crippen molar-refractivity contribution < 1.29 is 49.6 Å². The molecule has 11 nitrogen and oxygen atoms in total. The normalized spacial score (nSPS) is 48.5. The summed E-state index contributed by atoms with van der Waals surface area (Å²) in [7, 11) is 2.59. The number of hydrogen-bond acceptors (Lipinski definition) is 11. The summed E-state index contributed by atoms with van der Waals surface area (Å²) in [6.07, 6.45) is -10.9. The first kappa shape index (κ1) is 20.9. The highest BCUT2D eigenvalue weighted by atomic mass is 16.7. The van der Waals surface area contributed by atoms with Gasteiger partial charge in [0, 0.05) is 20.8 Å². The monoisotopic (exact) mass is 369 g/mol. The summed E-state index contributed by atoms with van der Waals surface area (Å²) >= 11 is 0. The van der Waals surface area contributed by atoms with Gasteiger partial charge in [0.15, 0.2) is 12.6 Å². The van der Waals surface area contributed by atoms with Crippen molar-refractivity contribution in [2.24, 2.45) is 0 Å². The molecule has 7 N–H and O–H groups in total.